The molecule has 0 amide bonds. The molecule has 1 rings (SSSR count). The molecular formula is C16H27NO. The summed E-state index contributed by atoms with van der Waals surface area (Å²) in [6.45, 7) is 13.9. The van der Waals surface area contributed by atoms with Gasteiger partial charge in [0.05, 0.1) is 0 Å². The van der Waals surface area contributed by atoms with Crippen LogP contribution in [-0.2, 0) is 6.54 Å². The predicted molar refractivity (Wildman–Crippen MR) is 78.0 cm³/mol. The SMILES string of the molecule is Cc1cc(CN(C)C(C)C(C)(C)C)cc(C)c1O. The molecule has 1 unspecified atom stereocenters. The third-order valence-electron chi connectivity index (χ3n) is 3.90. The lowest BCUT2D eigenvalue weighted by molar-refractivity contribution is 0.134. The lowest BCUT2D eigenvalue weighted by Gasteiger charge is -2.35. The van der Waals surface area contributed by atoms with Crippen LogP contribution < -0.4 is 0 Å². The number of hydrogen-bond acceptors (Lipinski definition) is 2. The number of rotatable bonds is 3. The Kier molecular flexibility index (Phi) is 4.44. The van der Waals surface area contributed by atoms with Crippen LogP contribution in [0.25, 0.3) is 0 Å². The van der Waals surface area contributed by atoms with Crippen LogP contribution in [0.3, 0.4) is 0 Å². The summed E-state index contributed by atoms with van der Waals surface area (Å²) in [7, 11) is 2.16. The number of benzene rings is 1. The molecular weight excluding hydrogens is 222 g/mol. The fourth-order valence-electron chi connectivity index (χ4n) is 2.22. The molecule has 0 aliphatic rings. The van der Waals surface area contributed by atoms with Gasteiger partial charge >= 0.3 is 0 Å². The van der Waals surface area contributed by atoms with E-state index in [1.165, 1.54) is 5.56 Å². The Labute approximate surface area is 112 Å². The highest BCUT2D eigenvalue weighted by atomic mass is 16.3. The number of hydrogen-bond donors (Lipinski definition) is 1. The van der Waals surface area contributed by atoms with Crippen molar-refractivity contribution in [2.75, 3.05) is 7.05 Å². The van der Waals surface area contributed by atoms with Crippen molar-refractivity contribution in [2.45, 2.75) is 54.1 Å². The van der Waals surface area contributed by atoms with Gasteiger partial charge in [-0.25, -0.2) is 0 Å². The Bertz CT molecular complexity index is 395. The van der Waals surface area contributed by atoms with E-state index in [4.69, 9.17) is 0 Å². The lowest BCUT2D eigenvalue weighted by atomic mass is 9.87. The van der Waals surface area contributed by atoms with Gasteiger partial charge in [0, 0.05) is 12.6 Å². The van der Waals surface area contributed by atoms with Gasteiger partial charge < -0.3 is 5.11 Å². The van der Waals surface area contributed by atoms with E-state index in [1.54, 1.807) is 0 Å². The lowest BCUT2D eigenvalue weighted by Crippen LogP contribution is -2.38. The van der Waals surface area contributed by atoms with Crippen LogP contribution in [0.5, 0.6) is 5.75 Å². The van der Waals surface area contributed by atoms with E-state index in [0.717, 1.165) is 17.7 Å². The average Bonchev–Trinajstić information content (AvgIpc) is 2.23. The first kappa shape index (κ1) is 15.0. The molecule has 2 heteroatoms. The van der Waals surface area contributed by atoms with Crippen molar-refractivity contribution >= 4 is 0 Å². The fraction of sp³-hybridized carbons (Fsp3) is 0.625. The first-order valence-corrected chi connectivity index (χ1v) is 6.62. The zero-order valence-electron chi connectivity index (χ0n) is 12.8. The maximum Gasteiger partial charge on any atom is 0.121 e. The topological polar surface area (TPSA) is 23.5 Å². The summed E-state index contributed by atoms with van der Waals surface area (Å²) >= 11 is 0. The van der Waals surface area contributed by atoms with Gasteiger partial charge in [0.15, 0.2) is 0 Å². The molecule has 0 bridgehead atoms. The fourth-order valence-corrected chi connectivity index (χ4v) is 2.22. The zero-order valence-corrected chi connectivity index (χ0v) is 12.8. The molecule has 0 aliphatic heterocycles. The molecule has 0 radical (unpaired) electrons. The molecule has 1 aromatic rings. The van der Waals surface area contributed by atoms with Crippen molar-refractivity contribution in [2.24, 2.45) is 5.41 Å². The van der Waals surface area contributed by atoms with Crippen molar-refractivity contribution in [3.63, 3.8) is 0 Å². The molecule has 0 saturated heterocycles. The molecule has 1 atom stereocenters. The highest BCUT2D eigenvalue weighted by molar-refractivity contribution is 5.42. The first-order chi connectivity index (χ1) is 8.12. The van der Waals surface area contributed by atoms with E-state index in [-0.39, 0.29) is 5.41 Å². The zero-order chi connectivity index (χ0) is 14.1. The molecule has 18 heavy (non-hydrogen) atoms. The van der Waals surface area contributed by atoms with E-state index in [1.807, 2.05) is 13.8 Å². The Morgan fingerprint density at radius 3 is 2.00 bits per heavy atom. The van der Waals surface area contributed by atoms with Gasteiger partial charge in [0.25, 0.3) is 0 Å². The van der Waals surface area contributed by atoms with Crippen molar-refractivity contribution in [1.82, 2.24) is 4.90 Å². The van der Waals surface area contributed by atoms with E-state index >= 15 is 0 Å². The second-order valence-corrected chi connectivity index (χ2v) is 6.54. The largest absolute Gasteiger partial charge is 0.507 e. The molecule has 0 fully saturated rings. The molecule has 0 aromatic heterocycles. The maximum atomic E-state index is 9.79. The quantitative estimate of drug-likeness (QED) is 0.879. The van der Waals surface area contributed by atoms with Gasteiger partial charge in [-0.2, -0.15) is 0 Å². The Balaban J connectivity index is 2.86. The predicted octanol–water partition coefficient (Wildman–Crippen LogP) is 3.88. The average molecular weight is 249 g/mol. The standard InChI is InChI=1S/C16H27NO/c1-11-8-14(9-12(2)15(11)18)10-17(7)13(3)16(4,5)6/h8-9,13,18H,10H2,1-7H3. The van der Waals surface area contributed by atoms with Gasteiger partial charge in [-0.1, -0.05) is 32.9 Å². The number of phenolic OH excluding ortho intramolecular Hbond substituents is 1. The van der Waals surface area contributed by atoms with Gasteiger partial charge in [-0.3, -0.25) is 4.90 Å². The number of nitrogens with zero attached hydrogens (tertiary/aromatic N) is 1. The Hall–Kier alpha value is -1.02. The normalized spacial score (nSPS) is 14.0. The number of phenols is 1. The molecule has 0 spiro atoms. The minimum atomic E-state index is 0.274. The Morgan fingerprint density at radius 2 is 1.61 bits per heavy atom. The van der Waals surface area contributed by atoms with Crippen molar-refractivity contribution < 1.29 is 5.11 Å². The van der Waals surface area contributed by atoms with Crippen molar-refractivity contribution in [1.29, 1.82) is 0 Å². The maximum absolute atomic E-state index is 9.79. The molecule has 1 aromatic carbocycles. The third-order valence-corrected chi connectivity index (χ3v) is 3.90. The second kappa shape index (κ2) is 5.31. The van der Waals surface area contributed by atoms with Crippen LogP contribution in [0.1, 0.15) is 44.4 Å². The summed E-state index contributed by atoms with van der Waals surface area (Å²) in [5, 5.41) is 9.79. The van der Waals surface area contributed by atoms with E-state index in [2.05, 4.69) is 51.8 Å². The summed E-state index contributed by atoms with van der Waals surface area (Å²) in [5.41, 5.74) is 3.46. The molecule has 0 aliphatic carbocycles. The molecule has 1 N–H and O–H groups in total. The Morgan fingerprint density at radius 1 is 1.17 bits per heavy atom. The number of aromatic hydroxyl groups is 1. The van der Waals surface area contributed by atoms with Crippen molar-refractivity contribution in [3.05, 3.63) is 28.8 Å². The first-order valence-electron chi connectivity index (χ1n) is 6.62. The smallest absolute Gasteiger partial charge is 0.121 e. The summed E-state index contributed by atoms with van der Waals surface area (Å²) in [6, 6.07) is 4.66. The van der Waals surface area contributed by atoms with Gasteiger partial charge in [0.2, 0.25) is 0 Å². The molecule has 102 valence electrons. The van der Waals surface area contributed by atoms with Crippen molar-refractivity contribution in [3.8, 4) is 5.75 Å². The monoisotopic (exact) mass is 249 g/mol. The van der Waals surface area contributed by atoms with Gasteiger partial charge in [-0.05, 0) is 49.9 Å². The van der Waals surface area contributed by atoms with Crippen LogP contribution in [0.4, 0.5) is 0 Å². The summed E-state index contributed by atoms with van der Waals surface area (Å²) in [5.74, 6) is 0.422. The second-order valence-electron chi connectivity index (χ2n) is 6.54. The van der Waals surface area contributed by atoms with Crippen LogP contribution in [0.2, 0.25) is 0 Å². The van der Waals surface area contributed by atoms with E-state index < -0.39 is 0 Å². The van der Waals surface area contributed by atoms with Gasteiger partial charge in [0.1, 0.15) is 5.75 Å². The minimum absolute atomic E-state index is 0.274. The highest BCUT2D eigenvalue weighted by Gasteiger charge is 2.23. The third kappa shape index (κ3) is 3.49. The molecule has 0 saturated carbocycles. The van der Waals surface area contributed by atoms with Crippen LogP contribution in [0.15, 0.2) is 12.1 Å². The minimum Gasteiger partial charge on any atom is -0.507 e. The summed E-state index contributed by atoms with van der Waals surface area (Å²) < 4.78 is 0. The molecule has 0 heterocycles. The van der Waals surface area contributed by atoms with E-state index in [0.29, 0.717) is 11.8 Å². The highest BCUT2D eigenvalue weighted by Crippen LogP contribution is 2.27. The van der Waals surface area contributed by atoms with Crippen LogP contribution >= 0.6 is 0 Å². The van der Waals surface area contributed by atoms with Crippen LogP contribution in [0, 0.1) is 19.3 Å². The molecule has 2 nitrogen and oxygen atoms in total. The van der Waals surface area contributed by atoms with Crippen LogP contribution in [-0.4, -0.2) is 23.1 Å². The van der Waals surface area contributed by atoms with E-state index in [9.17, 15) is 5.11 Å². The summed E-state index contributed by atoms with van der Waals surface area (Å²) in [6.07, 6.45) is 0. The number of aryl methyl sites for hydroxylation is 2. The summed E-state index contributed by atoms with van der Waals surface area (Å²) in [4.78, 5) is 2.37. The van der Waals surface area contributed by atoms with Gasteiger partial charge in [-0.15, -0.1) is 0 Å².